The van der Waals surface area contributed by atoms with E-state index in [0.717, 1.165) is 17.9 Å². The van der Waals surface area contributed by atoms with Crippen LogP contribution in [0.3, 0.4) is 0 Å². The van der Waals surface area contributed by atoms with E-state index in [4.69, 9.17) is 17.3 Å². The second kappa shape index (κ2) is 7.02. The molecule has 0 saturated carbocycles. The molecule has 1 unspecified atom stereocenters. The average molecular weight is 287 g/mol. The lowest BCUT2D eigenvalue weighted by molar-refractivity contribution is -0.122. The molecule has 0 aliphatic carbocycles. The van der Waals surface area contributed by atoms with Gasteiger partial charge in [0.15, 0.2) is 0 Å². The Balaban J connectivity index is 2.65. The normalized spacial score (nSPS) is 14.2. The van der Waals surface area contributed by atoms with Gasteiger partial charge in [-0.2, -0.15) is 0 Å². The van der Waals surface area contributed by atoms with Crippen LogP contribution in [-0.4, -0.2) is 23.7 Å². The van der Waals surface area contributed by atoms with Crippen LogP contribution >= 0.6 is 23.4 Å². The second-order valence-corrected chi connectivity index (χ2v) is 5.85. The highest BCUT2D eigenvalue weighted by Gasteiger charge is 2.30. The summed E-state index contributed by atoms with van der Waals surface area (Å²) in [6.45, 7) is 4.66. The fourth-order valence-corrected chi connectivity index (χ4v) is 2.73. The SMILES string of the molecule is CCCNC(C)(CSc1cccc(Cl)c1)C(N)=O. The zero-order chi connectivity index (χ0) is 13.6. The van der Waals surface area contributed by atoms with Crippen LogP contribution in [0.4, 0.5) is 0 Å². The Morgan fingerprint density at radius 1 is 1.56 bits per heavy atom. The number of nitrogens with two attached hydrogens (primary N) is 1. The average Bonchev–Trinajstić information content (AvgIpc) is 2.34. The molecule has 0 saturated heterocycles. The van der Waals surface area contributed by atoms with Gasteiger partial charge in [0.2, 0.25) is 5.91 Å². The van der Waals surface area contributed by atoms with Crippen LogP contribution in [0.5, 0.6) is 0 Å². The number of carbonyl (C=O) groups is 1. The van der Waals surface area contributed by atoms with Crippen molar-refractivity contribution in [3.8, 4) is 0 Å². The minimum atomic E-state index is -0.691. The molecule has 0 spiro atoms. The summed E-state index contributed by atoms with van der Waals surface area (Å²) in [5.74, 6) is 0.258. The minimum absolute atomic E-state index is 0.328. The Morgan fingerprint density at radius 2 is 2.28 bits per heavy atom. The molecule has 0 aromatic heterocycles. The van der Waals surface area contributed by atoms with E-state index in [9.17, 15) is 4.79 Å². The number of amides is 1. The van der Waals surface area contributed by atoms with Gasteiger partial charge >= 0.3 is 0 Å². The molecule has 0 aliphatic heterocycles. The number of hydrogen-bond donors (Lipinski definition) is 2. The van der Waals surface area contributed by atoms with E-state index in [0.29, 0.717) is 10.8 Å². The van der Waals surface area contributed by atoms with E-state index >= 15 is 0 Å². The van der Waals surface area contributed by atoms with Gasteiger partial charge in [-0.3, -0.25) is 4.79 Å². The second-order valence-electron chi connectivity index (χ2n) is 4.37. The first kappa shape index (κ1) is 15.3. The topological polar surface area (TPSA) is 55.1 Å². The fourth-order valence-electron chi connectivity index (χ4n) is 1.39. The van der Waals surface area contributed by atoms with Gasteiger partial charge in [0.1, 0.15) is 5.54 Å². The van der Waals surface area contributed by atoms with E-state index < -0.39 is 5.54 Å². The van der Waals surface area contributed by atoms with Crippen LogP contribution in [0.1, 0.15) is 20.3 Å². The zero-order valence-corrected chi connectivity index (χ0v) is 12.3. The number of nitrogens with one attached hydrogen (secondary N) is 1. The minimum Gasteiger partial charge on any atom is -0.368 e. The number of primary amides is 1. The van der Waals surface area contributed by atoms with Crippen LogP contribution in [0.15, 0.2) is 29.2 Å². The highest BCUT2D eigenvalue weighted by Crippen LogP contribution is 2.25. The highest BCUT2D eigenvalue weighted by molar-refractivity contribution is 7.99. The number of benzene rings is 1. The predicted molar refractivity (Wildman–Crippen MR) is 78.1 cm³/mol. The summed E-state index contributed by atoms with van der Waals surface area (Å²) in [7, 11) is 0. The van der Waals surface area contributed by atoms with E-state index in [1.54, 1.807) is 11.8 Å². The van der Waals surface area contributed by atoms with Gasteiger partial charge in [0, 0.05) is 15.7 Å². The molecule has 0 heterocycles. The maximum absolute atomic E-state index is 11.5. The van der Waals surface area contributed by atoms with Crippen LogP contribution in [0.25, 0.3) is 0 Å². The Hall–Kier alpha value is -0.710. The van der Waals surface area contributed by atoms with Gasteiger partial charge in [0.05, 0.1) is 0 Å². The molecule has 1 aromatic carbocycles. The van der Waals surface area contributed by atoms with Crippen LogP contribution < -0.4 is 11.1 Å². The molecule has 1 rings (SSSR count). The molecule has 1 aromatic rings. The Morgan fingerprint density at radius 3 is 2.83 bits per heavy atom. The summed E-state index contributed by atoms with van der Waals surface area (Å²) in [6, 6.07) is 7.57. The van der Waals surface area contributed by atoms with Crippen LogP contribution in [0.2, 0.25) is 5.02 Å². The Labute approximate surface area is 117 Å². The molecule has 0 aliphatic rings. The fraction of sp³-hybridized carbons (Fsp3) is 0.462. The monoisotopic (exact) mass is 286 g/mol. The van der Waals surface area contributed by atoms with Gasteiger partial charge in [-0.25, -0.2) is 0 Å². The van der Waals surface area contributed by atoms with Crippen molar-refractivity contribution in [2.75, 3.05) is 12.3 Å². The number of thioether (sulfide) groups is 1. The van der Waals surface area contributed by atoms with E-state index in [1.165, 1.54) is 0 Å². The molecule has 3 N–H and O–H groups in total. The summed E-state index contributed by atoms with van der Waals surface area (Å²) in [5.41, 5.74) is 4.77. The number of rotatable bonds is 7. The smallest absolute Gasteiger partial charge is 0.238 e. The van der Waals surface area contributed by atoms with Crippen molar-refractivity contribution in [2.24, 2.45) is 5.73 Å². The third kappa shape index (κ3) is 4.52. The molecule has 0 fully saturated rings. The molecule has 5 heteroatoms. The Bertz CT molecular complexity index is 414. The summed E-state index contributed by atoms with van der Waals surface area (Å²) < 4.78 is 0. The van der Waals surface area contributed by atoms with Gasteiger partial charge in [-0.1, -0.05) is 24.6 Å². The van der Waals surface area contributed by atoms with Crippen molar-refractivity contribution in [3.05, 3.63) is 29.3 Å². The van der Waals surface area contributed by atoms with E-state index in [1.807, 2.05) is 31.2 Å². The van der Waals surface area contributed by atoms with Gasteiger partial charge in [-0.15, -0.1) is 11.8 Å². The molecule has 1 atom stereocenters. The molecule has 3 nitrogen and oxygen atoms in total. The van der Waals surface area contributed by atoms with Crippen molar-refractivity contribution < 1.29 is 4.79 Å². The number of carbonyl (C=O) groups excluding carboxylic acids is 1. The molecule has 1 amide bonds. The summed E-state index contributed by atoms with van der Waals surface area (Å²) >= 11 is 7.49. The highest BCUT2D eigenvalue weighted by atomic mass is 35.5. The molecule has 0 radical (unpaired) electrons. The predicted octanol–water partition coefficient (Wildman–Crippen LogP) is 2.68. The Kier molecular flexibility index (Phi) is 5.99. The van der Waals surface area contributed by atoms with Gasteiger partial charge in [-0.05, 0) is 38.1 Å². The summed E-state index contributed by atoms with van der Waals surface area (Å²) in [6.07, 6.45) is 0.963. The maximum Gasteiger partial charge on any atom is 0.238 e. The van der Waals surface area contributed by atoms with E-state index in [-0.39, 0.29) is 5.91 Å². The molecule has 100 valence electrons. The third-order valence-corrected chi connectivity index (χ3v) is 4.18. The number of halogens is 1. The first-order valence-electron chi connectivity index (χ1n) is 5.91. The summed E-state index contributed by atoms with van der Waals surface area (Å²) in [4.78, 5) is 12.6. The third-order valence-electron chi connectivity index (χ3n) is 2.63. The lowest BCUT2D eigenvalue weighted by Crippen LogP contribution is -2.55. The van der Waals surface area contributed by atoms with E-state index in [2.05, 4.69) is 12.2 Å². The van der Waals surface area contributed by atoms with Crippen molar-refractivity contribution in [1.29, 1.82) is 0 Å². The zero-order valence-electron chi connectivity index (χ0n) is 10.7. The van der Waals surface area contributed by atoms with Gasteiger partial charge < -0.3 is 11.1 Å². The maximum atomic E-state index is 11.5. The first-order chi connectivity index (χ1) is 8.48. The molecule has 18 heavy (non-hydrogen) atoms. The standard InChI is InChI=1S/C13H19ClN2OS/c1-3-7-16-13(2,12(15)17)9-18-11-6-4-5-10(14)8-11/h4-6,8,16H,3,7,9H2,1-2H3,(H2,15,17). The molecule has 0 bridgehead atoms. The van der Waals surface area contributed by atoms with Crippen molar-refractivity contribution in [2.45, 2.75) is 30.7 Å². The van der Waals surface area contributed by atoms with Crippen molar-refractivity contribution >= 4 is 29.3 Å². The first-order valence-corrected chi connectivity index (χ1v) is 7.27. The largest absolute Gasteiger partial charge is 0.368 e. The quantitative estimate of drug-likeness (QED) is 0.758. The number of hydrogen-bond acceptors (Lipinski definition) is 3. The van der Waals surface area contributed by atoms with Crippen LogP contribution in [0, 0.1) is 0 Å². The lowest BCUT2D eigenvalue weighted by atomic mass is 10.1. The van der Waals surface area contributed by atoms with Crippen molar-refractivity contribution in [3.63, 3.8) is 0 Å². The molecular weight excluding hydrogens is 268 g/mol. The van der Waals surface area contributed by atoms with Crippen LogP contribution in [-0.2, 0) is 4.79 Å². The lowest BCUT2D eigenvalue weighted by Gasteiger charge is -2.27. The molecular formula is C13H19ClN2OS. The summed E-state index contributed by atoms with van der Waals surface area (Å²) in [5, 5.41) is 3.90. The van der Waals surface area contributed by atoms with Gasteiger partial charge in [0.25, 0.3) is 0 Å². The van der Waals surface area contributed by atoms with Crippen molar-refractivity contribution in [1.82, 2.24) is 5.32 Å².